The van der Waals surface area contributed by atoms with Crippen molar-refractivity contribution in [2.24, 2.45) is 0 Å². The SMILES string of the molecule is CCCCCCCCCCCCCCCCOCCOCCOCCOCCOCCOCCOCCOCCOCCOCCOCCOCCOC1CCCCO1. The van der Waals surface area contributed by atoms with Crippen molar-refractivity contribution < 1.29 is 66.3 Å². The van der Waals surface area contributed by atoms with Crippen LogP contribution in [0.1, 0.15) is 116 Å². The minimum absolute atomic E-state index is 0.0660. The summed E-state index contributed by atoms with van der Waals surface area (Å²) in [4.78, 5) is 0. The van der Waals surface area contributed by atoms with Crippen LogP contribution in [0, 0.1) is 0 Å². The molecule has 0 spiro atoms. The van der Waals surface area contributed by atoms with Crippen molar-refractivity contribution >= 4 is 0 Å². The molecule has 0 aromatic rings. The molecular formula is C45H90O14. The fourth-order valence-corrected chi connectivity index (χ4v) is 6.00. The fraction of sp³-hybridized carbons (Fsp3) is 1.00. The van der Waals surface area contributed by atoms with Crippen molar-refractivity contribution in [3.8, 4) is 0 Å². The summed E-state index contributed by atoms with van der Waals surface area (Å²) in [5, 5.41) is 0. The molecule has 1 saturated heterocycles. The highest BCUT2D eigenvalue weighted by Gasteiger charge is 2.13. The van der Waals surface area contributed by atoms with Gasteiger partial charge in [0.25, 0.3) is 0 Å². The summed E-state index contributed by atoms with van der Waals surface area (Å²) in [7, 11) is 0. The van der Waals surface area contributed by atoms with E-state index in [0.29, 0.717) is 159 Å². The molecule has 14 heteroatoms. The summed E-state index contributed by atoms with van der Waals surface area (Å²) < 4.78 is 77.6. The molecule has 0 aromatic carbocycles. The third kappa shape index (κ3) is 48.3. The Morgan fingerprint density at radius 3 is 0.814 bits per heavy atom. The van der Waals surface area contributed by atoms with Gasteiger partial charge in [-0.05, 0) is 25.7 Å². The number of hydrogen-bond acceptors (Lipinski definition) is 14. The molecule has 1 rings (SSSR count). The molecule has 14 nitrogen and oxygen atoms in total. The summed E-state index contributed by atoms with van der Waals surface area (Å²) in [6.07, 6.45) is 22.4. The van der Waals surface area contributed by atoms with E-state index in [0.717, 1.165) is 32.5 Å². The topological polar surface area (TPSA) is 129 Å². The van der Waals surface area contributed by atoms with Crippen LogP contribution in [-0.2, 0) is 66.3 Å². The Bertz CT molecular complexity index is 749. The Hall–Kier alpha value is -0.560. The molecule has 354 valence electrons. The van der Waals surface area contributed by atoms with Crippen LogP contribution in [0.25, 0.3) is 0 Å². The maximum Gasteiger partial charge on any atom is 0.157 e. The monoisotopic (exact) mass is 855 g/mol. The lowest BCUT2D eigenvalue weighted by atomic mass is 10.0. The fourth-order valence-electron chi connectivity index (χ4n) is 6.00. The Kier molecular flexibility index (Phi) is 49.6. The highest BCUT2D eigenvalue weighted by molar-refractivity contribution is 4.54. The first-order valence-corrected chi connectivity index (χ1v) is 23.6. The Morgan fingerprint density at radius 2 is 0.542 bits per heavy atom. The molecule has 0 aromatic heterocycles. The summed E-state index contributed by atoms with van der Waals surface area (Å²) in [6.45, 7) is 16.8. The largest absolute Gasteiger partial charge is 0.379 e. The molecule has 0 aliphatic carbocycles. The quantitative estimate of drug-likeness (QED) is 0.0572. The smallest absolute Gasteiger partial charge is 0.157 e. The minimum atomic E-state index is -0.0660. The maximum absolute atomic E-state index is 5.69. The van der Waals surface area contributed by atoms with Crippen molar-refractivity contribution in [3.63, 3.8) is 0 Å². The second-order valence-corrected chi connectivity index (χ2v) is 14.6. The molecule has 0 radical (unpaired) electrons. The van der Waals surface area contributed by atoms with Crippen LogP contribution in [0.2, 0.25) is 0 Å². The standard InChI is InChI=1S/C45H90O14/c1-2-3-4-5-6-7-8-9-10-11-12-13-14-16-19-46-21-22-47-23-24-48-25-26-49-27-28-50-29-30-51-31-32-52-33-34-53-35-36-54-37-38-55-39-40-56-41-42-57-43-44-59-45-18-15-17-20-58-45/h45H,2-44H2,1H3. The Balaban J connectivity index is 1.59. The average molecular weight is 855 g/mol. The molecule has 1 aliphatic heterocycles. The van der Waals surface area contributed by atoms with Crippen LogP contribution >= 0.6 is 0 Å². The molecule has 59 heavy (non-hydrogen) atoms. The molecule has 1 atom stereocenters. The number of unbranched alkanes of at least 4 members (excludes halogenated alkanes) is 13. The highest BCUT2D eigenvalue weighted by atomic mass is 16.7. The molecule has 0 N–H and O–H groups in total. The van der Waals surface area contributed by atoms with E-state index in [1.807, 2.05) is 0 Å². The first-order valence-electron chi connectivity index (χ1n) is 23.6. The van der Waals surface area contributed by atoms with E-state index in [4.69, 9.17) is 66.3 Å². The maximum atomic E-state index is 5.69. The lowest BCUT2D eigenvalue weighted by molar-refractivity contribution is -0.169. The lowest BCUT2D eigenvalue weighted by Gasteiger charge is -2.22. The van der Waals surface area contributed by atoms with Crippen LogP contribution in [-0.4, -0.2) is 178 Å². The van der Waals surface area contributed by atoms with Gasteiger partial charge < -0.3 is 66.3 Å². The van der Waals surface area contributed by atoms with Gasteiger partial charge in [-0.3, -0.25) is 0 Å². The van der Waals surface area contributed by atoms with Crippen molar-refractivity contribution in [1.82, 2.24) is 0 Å². The van der Waals surface area contributed by atoms with E-state index in [1.54, 1.807) is 0 Å². The van der Waals surface area contributed by atoms with E-state index in [-0.39, 0.29) is 6.29 Å². The van der Waals surface area contributed by atoms with Crippen molar-refractivity contribution in [2.75, 3.05) is 172 Å². The van der Waals surface area contributed by atoms with E-state index in [2.05, 4.69) is 6.92 Å². The van der Waals surface area contributed by atoms with Crippen molar-refractivity contribution in [3.05, 3.63) is 0 Å². The molecule has 1 fully saturated rings. The Morgan fingerprint density at radius 1 is 0.288 bits per heavy atom. The van der Waals surface area contributed by atoms with Gasteiger partial charge in [-0.1, -0.05) is 90.4 Å². The van der Waals surface area contributed by atoms with Gasteiger partial charge in [-0.25, -0.2) is 0 Å². The normalized spacial score (nSPS) is 14.5. The van der Waals surface area contributed by atoms with Gasteiger partial charge in [0.2, 0.25) is 0 Å². The van der Waals surface area contributed by atoms with Gasteiger partial charge in [-0.15, -0.1) is 0 Å². The predicted octanol–water partition coefficient (Wildman–Crippen LogP) is 7.21. The van der Waals surface area contributed by atoms with E-state index in [9.17, 15) is 0 Å². The van der Waals surface area contributed by atoms with Gasteiger partial charge in [0.05, 0.1) is 159 Å². The number of ether oxygens (including phenoxy) is 14. The predicted molar refractivity (Wildman–Crippen MR) is 230 cm³/mol. The zero-order valence-electron chi connectivity index (χ0n) is 37.7. The zero-order valence-corrected chi connectivity index (χ0v) is 37.7. The van der Waals surface area contributed by atoms with Crippen molar-refractivity contribution in [1.29, 1.82) is 0 Å². The van der Waals surface area contributed by atoms with Crippen LogP contribution in [0.15, 0.2) is 0 Å². The van der Waals surface area contributed by atoms with Gasteiger partial charge in [0.15, 0.2) is 6.29 Å². The molecular weight excluding hydrogens is 764 g/mol. The highest BCUT2D eigenvalue weighted by Crippen LogP contribution is 2.14. The van der Waals surface area contributed by atoms with E-state index in [1.165, 1.54) is 89.9 Å². The average Bonchev–Trinajstić information content (AvgIpc) is 3.26. The van der Waals surface area contributed by atoms with Crippen LogP contribution in [0.5, 0.6) is 0 Å². The summed E-state index contributed by atoms with van der Waals surface area (Å²) in [5.41, 5.74) is 0. The first-order chi connectivity index (χ1) is 29.4. The second kappa shape index (κ2) is 51.8. The zero-order chi connectivity index (χ0) is 41.9. The van der Waals surface area contributed by atoms with Crippen molar-refractivity contribution in [2.45, 2.75) is 122 Å². The van der Waals surface area contributed by atoms with E-state index >= 15 is 0 Å². The van der Waals surface area contributed by atoms with Gasteiger partial charge >= 0.3 is 0 Å². The third-order valence-corrected chi connectivity index (χ3v) is 9.40. The number of hydrogen-bond donors (Lipinski definition) is 0. The van der Waals surface area contributed by atoms with Gasteiger partial charge in [-0.2, -0.15) is 0 Å². The second-order valence-electron chi connectivity index (χ2n) is 14.6. The van der Waals surface area contributed by atoms with E-state index < -0.39 is 0 Å². The first kappa shape index (κ1) is 56.5. The number of rotatable bonds is 52. The summed E-state index contributed by atoms with van der Waals surface area (Å²) >= 11 is 0. The molecule has 1 unspecified atom stereocenters. The molecule has 1 heterocycles. The molecule has 0 amide bonds. The molecule has 0 bridgehead atoms. The summed E-state index contributed by atoms with van der Waals surface area (Å²) in [6, 6.07) is 0. The third-order valence-electron chi connectivity index (χ3n) is 9.40. The van der Waals surface area contributed by atoms with Crippen LogP contribution < -0.4 is 0 Å². The lowest BCUT2D eigenvalue weighted by Crippen LogP contribution is -2.24. The molecule has 0 saturated carbocycles. The van der Waals surface area contributed by atoms with Crippen LogP contribution in [0.3, 0.4) is 0 Å². The summed E-state index contributed by atoms with van der Waals surface area (Å²) in [5.74, 6) is 0. The van der Waals surface area contributed by atoms with Gasteiger partial charge in [0, 0.05) is 13.2 Å². The van der Waals surface area contributed by atoms with Crippen LogP contribution in [0.4, 0.5) is 0 Å². The minimum Gasteiger partial charge on any atom is -0.379 e. The Labute approximate surface area is 359 Å². The van der Waals surface area contributed by atoms with Gasteiger partial charge in [0.1, 0.15) is 0 Å². The molecule has 1 aliphatic rings.